The van der Waals surface area contributed by atoms with Crippen molar-refractivity contribution in [2.45, 2.75) is 32.7 Å². The molecule has 0 fully saturated rings. The predicted molar refractivity (Wildman–Crippen MR) is 125 cm³/mol. The van der Waals surface area contributed by atoms with Gasteiger partial charge in [-0.15, -0.1) is 0 Å². The fraction of sp³-hybridized carbons (Fsp3) is 0.583. The lowest BCUT2D eigenvalue weighted by Gasteiger charge is -2.13. The third-order valence-electron chi connectivity index (χ3n) is 5.11. The molecule has 2 N–H and O–H groups in total. The largest absolute Gasteiger partial charge is 0.378 e. The van der Waals surface area contributed by atoms with Crippen LogP contribution < -0.4 is 10.6 Å². The first-order chi connectivity index (χ1) is 15.5. The first kappa shape index (κ1) is 26.0. The molecule has 0 saturated heterocycles. The summed E-state index contributed by atoms with van der Waals surface area (Å²) < 4.78 is 18.2. The van der Waals surface area contributed by atoms with E-state index in [2.05, 4.69) is 42.7 Å². The summed E-state index contributed by atoms with van der Waals surface area (Å²) >= 11 is 0. The van der Waals surface area contributed by atoms with Crippen LogP contribution in [0.25, 0.3) is 0 Å². The Morgan fingerprint density at radius 3 is 2.06 bits per heavy atom. The van der Waals surface area contributed by atoms with Crippen molar-refractivity contribution in [3.63, 3.8) is 0 Å². The maximum atomic E-state index is 12.3. The van der Waals surface area contributed by atoms with Crippen LogP contribution in [0.5, 0.6) is 0 Å². The van der Waals surface area contributed by atoms with E-state index in [1.165, 1.54) is 5.56 Å². The van der Waals surface area contributed by atoms with Crippen LogP contribution >= 0.6 is 0 Å². The van der Waals surface area contributed by atoms with Gasteiger partial charge in [-0.3, -0.25) is 9.48 Å². The molecule has 0 aliphatic heterocycles. The third-order valence-corrected chi connectivity index (χ3v) is 5.11. The Bertz CT molecular complexity index is 777. The van der Waals surface area contributed by atoms with Gasteiger partial charge in [0.25, 0.3) is 5.91 Å². The fourth-order valence-corrected chi connectivity index (χ4v) is 2.98. The van der Waals surface area contributed by atoms with Crippen LogP contribution in [-0.4, -0.2) is 75.5 Å². The Hall–Kier alpha value is -2.26. The number of carbonyl (C=O) groups is 1. The van der Waals surface area contributed by atoms with Gasteiger partial charge < -0.3 is 24.8 Å². The molecular weight excluding hydrogens is 408 g/mol. The molecule has 2 rings (SSSR count). The summed E-state index contributed by atoms with van der Waals surface area (Å²) in [6.07, 6.45) is 4.00. The summed E-state index contributed by atoms with van der Waals surface area (Å²) in [6, 6.07) is 7.76. The first-order valence-corrected chi connectivity index (χ1v) is 11.3. The summed E-state index contributed by atoms with van der Waals surface area (Å²) in [5.41, 5.74) is 2.96. The average Bonchev–Trinajstić information content (AvgIpc) is 3.30. The second kappa shape index (κ2) is 14.7. The van der Waals surface area contributed by atoms with Gasteiger partial charge in [0.05, 0.1) is 51.9 Å². The van der Waals surface area contributed by atoms with E-state index in [-0.39, 0.29) is 11.9 Å². The summed E-state index contributed by atoms with van der Waals surface area (Å²) in [5, 5.41) is 10.4. The molecule has 1 heterocycles. The van der Waals surface area contributed by atoms with Crippen molar-refractivity contribution >= 4 is 5.91 Å². The second-order valence-corrected chi connectivity index (χ2v) is 7.90. The Kier molecular flexibility index (Phi) is 12.0. The van der Waals surface area contributed by atoms with E-state index < -0.39 is 0 Å². The van der Waals surface area contributed by atoms with Gasteiger partial charge in [0.1, 0.15) is 0 Å². The van der Waals surface area contributed by atoms with Crippen molar-refractivity contribution in [2.24, 2.45) is 0 Å². The zero-order valence-electron chi connectivity index (χ0n) is 19.8. The van der Waals surface area contributed by atoms with Gasteiger partial charge in [0, 0.05) is 24.8 Å². The SMILES string of the molecule is CNCCOCCOCCOCCNC(=O)c1ccc(C(C)n2cc(C(C)C)cn2)cc1. The number of rotatable bonds is 16. The highest BCUT2D eigenvalue weighted by Gasteiger charge is 2.12. The van der Waals surface area contributed by atoms with Crippen LogP contribution in [0.4, 0.5) is 0 Å². The van der Waals surface area contributed by atoms with Crippen LogP contribution in [0.2, 0.25) is 0 Å². The Labute approximate surface area is 191 Å². The lowest BCUT2D eigenvalue weighted by atomic mass is 10.1. The number of aromatic nitrogens is 2. The van der Waals surface area contributed by atoms with Crippen molar-refractivity contribution in [1.29, 1.82) is 0 Å². The summed E-state index contributed by atoms with van der Waals surface area (Å²) in [7, 11) is 1.89. The van der Waals surface area contributed by atoms with Gasteiger partial charge in [-0.2, -0.15) is 5.10 Å². The van der Waals surface area contributed by atoms with E-state index in [1.54, 1.807) is 0 Å². The Morgan fingerprint density at radius 1 is 0.906 bits per heavy atom. The van der Waals surface area contributed by atoms with E-state index in [9.17, 15) is 4.79 Å². The van der Waals surface area contributed by atoms with Crippen molar-refractivity contribution in [3.05, 3.63) is 53.3 Å². The molecule has 0 aliphatic carbocycles. The minimum Gasteiger partial charge on any atom is -0.378 e. The minimum absolute atomic E-state index is 0.107. The van der Waals surface area contributed by atoms with Gasteiger partial charge in [-0.05, 0) is 43.1 Å². The van der Waals surface area contributed by atoms with Crippen molar-refractivity contribution in [1.82, 2.24) is 20.4 Å². The quantitative estimate of drug-likeness (QED) is 0.386. The summed E-state index contributed by atoms with van der Waals surface area (Å²) in [4.78, 5) is 12.3. The Balaban J connectivity index is 1.60. The zero-order chi connectivity index (χ0) is 23.2. The van der Waals surface area contributed by atoms with Crippen LogP contribution in [0.15, 0.2) is 36.7 Å². The molecule has 1 aromatic carbocycles. The van der Waals surface area contributed by atoms with Crippen LogP contribution in [0.3, 0.4) is 0 Å². The van der Waals surface area contributed by atoms with Gasteiger partial charge in [-0.1, -0.05) is 26.0 Å². The lowest BCUT2D eigenvalue weighted by Crippen LogP contribution is -2.27. The van der Waals surface area contributed by atoms with Crippen molar-refractivity contribution in [3.8, 4) is 0 Å². The van der Waals surface area contributed by atoms with E-state index in [1.807, 2.05) is 42.2 Å². The number of ether oxygens (including phenoxy) is 3. The molecule has 0 aliphatic rings. The molecule has 32 heavy (non-hydrogen) atoms. The molecule has 1 atom stereocenters. The number of likely N-dealkylation sites (N-methyl/N-ethyl adjacent to an activating group) is 1. The molecule has 0 bridgehead atoms. The summed E-state index contributed by atoms with van der Waals surface area (Å²) in [5.74, 6) is 0.343. The highest BCUT2D eigenvalue weighted by Crippen LogP contribution is 2.20. The first-order valence-electron chi connectivity index (χ1n) is 11.3. The maximum absolute atomic E-state index is 12.3. The van der Waals surface area contributed by atoms with Crippen molar-refractivity contribution < 1.29 is 19.0 Å². The number of hydrogen-bond donors (Lipinski definition) is 2. The highest BCUT2D eigenvalue weighted by atomic mass is 16.5. The number of amides is 1. The number of nitrogens with zero attached hydrogens (tertiary/aromatic N) is 2. The van der Waals surface area contributed by atoms with Crippen LogP contribution in [-0.2, 0) is 14.2 Å². The van der Waals surface area contributed by atoms with E-state index in [4.69, 9.17) is 14.2 Å². The topological polar surface area (TPSA) is 86.6 Å². The Morgan fingerprint density at radius 2 is 1.50 bits per heavy atom. The lowest BCUT2D eigenvalue weighted by molar-refractivity contribution is 0.0159. The fourth-order valence-electron chi connectivity index (χ4n) is 2.98. The van der Waals surface area contributed by atoms with E-state index >= 15 is 0 Å². The van der Waals surface area contributed by atoms with Crippen LogP contribution in [0.1, 0.15) is 54.2 Å². The molecule has 8 nitrogen and oxygen atoms in total. The minimum atomic E-state index is -0.107. The third kappa shape index (κ3) is 9.08. The molecule has 1 amide bonds. The van der Waals surface area contributed by atoms with Gasteiger partial charge in [0.15, 0.2) is 0 Å². The molecule has 178 valence electrons. The van der Waals surface area contributed by atoms with Crippen LogP contribution in [0, 0.1) is 0 Å². The molecule has 0 saturated carbocycles. The number of carbonyl (C=O) groups excluding carboxylic acids is 1. The predicted octanol–water partition coefficient (Wildman–Crippen LogP) is 2.61. The molecule has 1 aromatic heterocycles. The smallest absolute Gasteiger partial charge is 0.251 e. The molecule has 8 heteroatoms. The standard InChI is InChI=1S/C24H38N4O4/c1-19(2)23-17-27-28(18-23)20(3)21-5-7-22(8-6-21)24(29)26-10-12-31-14-16-32-15-13-30-11-9-25-4/h5-8,17-20,25H,9-16H2,1-4H3,(H,26,29). The monoisotopic (exact) mass is 446 g/mol. The normalized spacial score (nSPS) is 12.3. The van der Waals surface area contributed by atoms with E-state index in [0.29, 0.717) is 57.7 Å². The molecule has 0 radical (unpaired) electrons. The van der Waals surface area contributed by atoms with Gasteiger partial charge in [-0.25, -0.2) is 0 Å². The highest BCUT2D eigenvalue weighted by molar-refractivity contribution is 5.94. The van der Waals surface area contributed by atoms with Gasteiger partial charge >= 0.3 is 0 Å². The molecule has 1 unspecified atom stereocenters. The number of hydrogen-bond acceptors (Lipinski definition) is 6. The number of benzene rings is 1. The maximum Gasteiger partial charge on any atom is 0.251 e. The van der Waals surface area contributed by atoms with Crippen molar-refractivity contribution in [2.75, 3.05) is 59.8 Å². The van der Waals surface area contributed by atoms with Gasteiger partial charge in [0.2, 0.25) is 0 Å². The molecule has 0 spiro atoms. The average molecular weight is 447 g/mol. The number of nitrogens with one attached hydrogen (secondary N) is 2. The van der Waals surface area contributed by atoms with E-state index in [0.717, 1.165) is 12.1 Å². The summed E-state index contributed by atoms with van der Waals surface area (Å²) in [6.45, 7) is 11.0. The second-order valence-electron chi connectivity index (χ2n) is 7.90. The molecular formula is C24H38N4O4. The zero-order valence-corrected chi connectivity index (χ0v) is 19.8. The molecule has 2 aromatic rings.